The van der Waals surface area contributed by atoms with E-state index in [1.54, 1.807) is 0 Å². The summed E-state index contributed by atoms with van der Waals surface area (Å²) in [5.41, 5.74) is 3.61. The Morgan fingerprint density at radius 3 is 2.82 bits per heavy atom. The zero-order chi connectivity index (χ0) is 19.1. The molecule has 1 aliphatic carbocycles. The number of rotatable bonds is 5. The molecule has 1 aromatic carbocycles. The molecule has 2 aliphatic heterocycles. The topological polar surface area (TPSA) is 84.7 Å². The Hall–Kier alpha value is -2.67. The van der Waals surface area contributed by atoms with Crippen molar-refractivity contribution in [2.24, 2.45) is 11.8 Å². The van der Waals surface area contributed by atoms with Crippen LogP contribution in [0.4, 0.5) is 0 Å². The molecule has 0 unspecified atom stereocenters. The highest BCUT2D eigenvalue weighted by atomic mass is 16.5. The van der Waals surface area contributed by atoms with Crippen LogP contribution in [0, 0.1) is 11.8 Å². The molecule has 2 aromatic rings. The first-order valence-electron chi connectivity index (χ1n) is 9.86. The monoisotopic (exact) mass is 381 g/mol. The fraction of sp³-hybridized carbons (Fsp3) is 0.476. The van der Waals surface area contributed by atoms with Gasteiger partial charge in [0.1, 0.15) is 6.26 Å². The van der Waals surface area contributed by atoms with E-state index in [9.17, 15) is 9.59 Å². The molecule has 146 valence electrons. The van der Waals surface area contributed by atoms with Crippen molar-refractivity contribution in [3.63, 3.8) is 0 Å². The van der Waals surface area contributed by atoms with Crippen LogP contribution in [0.15, 0.2) is 35.3 Å². The average Bonchev–Trinajstić information content (AvgIpc) is 3.15. The Kier molecular flexibility index (Phi) is 4.39. The van der Waals surface area contributed by atoms with Crippen LogP contribution in [0.1, 0.15) is 46.4 Å². The van der Waals surface area contributed by atoms with Gasteiger partial charge in [-0.1, -0.05) is 18.2 Å². The average molecular weight is 381 g/mol. The van der Waals surface area contributed by atoms with Crippen molar-refractivity contribution in [1.82, 2.24) is 15.2 Å². The second kappa shape index (κ2) is 7.05. The third-order valence-corrected chi connectivity index (χ3v) is 5.96. The highest BCUT2D eigenvalue weighted by Gasteiger charge is 2.45. The number of benzene rings is 1. The van der Waals surface area contributed by atoms with Crippen LogP contribution in [-0.4, -0.2) is 34.4 Å². The van der Waals surface area contributed by atoms with Crippen molar-refractivity contribution < 1.29 is 18.7 Å². The molecular weight excluding hydrogens is 358 g/mol. The summed E-state index contributed by atoms with van der Waals surface area (Å²) < 4.78 is 10.7. The number of oxazole rings is 1. The third kappa shape index (κ3) is 3.30. The van der Waals surface area contributed by atoms with E-state index in [1.165, 1.54) is 31.1 Å². The van der Waals surface area contributed by atoms with Gasteiger partial charge in [-0.2, -0.15) is 0 Å². The highest BCUT2D eigenvalue weighted by Crippen LogP contribution is 2.42. The van der Waals surface area contributed by atoms with Gasteiger partial charge >= 0.3 is 0 Å². The molecule has 0 radical (unpaired) electrons. The number of carbonyl (C=O) groups is 2. The van der Waals surface area contributed by atoms with Crippen LogP contribution >= 0.6 is 0 Å². The Labute approximate surface area is 163 Å². The first-order valence-corrected chi connectivity index (χ1v) is 9.86. The predicted octanol–water partition coefficient (Wildman–Crippen LogP) is 2.26. The number of nitrogens with zero attached hydrogens (tertiary/aromatic N) is 2. The largest absolute Gasteiger partial charge is 0.451 e. The fourth-order valence-corrected chi connectivity index (χ4v) is 4.31. The minimum absolute atomic E-state index is 0.0167. The summed E-state index contributed by atoms with van der Waals surface area (Å²) in [6.07, 6.45) is 5.91. The number of hydrogen-bond donors (Lipinski definition) is 1. The Bertz CT molecular complexity index is 891. The van der Waals surface area contributed by atoms with Crippen molar-refractivity contribution in [3.05, 3.63) is 53.2 Å². The van der Waals surface area contributed by atoms with E-state index in [0.29, 0.717) is 32.2 Å². The minimum atomic E-state index is -0.265. The molecule has 2 amide bonds. The lowest BCUT2D eigenvalue weighted by Gasteiger charge is -2.23. The number of fused-ring (bicyclic) bond motifs is 1. The lowest BCUT2D eigenvalue weighted by molar-refractivity contribution is -0.138. The van der Waals surface area contributed by atoms with Gasteiger partial charge in [0.25, 0.3) is 5.91 Å². The first kappa shape index (κ1) is 17.4. The standard InChI is InChI=1S/C21H23N3O4/c25-20(18-11-27-12-23-18)22-8-13-1-2-15-9-24(10-16(15)7-13)21(26)17-5-6-28-19(17)14-3-4-14/h1-2,7,11-12,14,17,19H,3-6,8-10H2,(H,22,25)/t17-,19+/m1/s1. The normalized spacial score (nSPS) is 23.6. The first-order chi connectivity index (χ1) is 13.7. The quantitative estimate of drug-likeness (QED) is 0.859. The van der Waals surface area contributed by atoms with Crippen molar-refractivity contribution in [2.75, 3.05) is 6.61 Å². The summed E-state index contributed by atoms with van der Waals surface area (Å²) in [7, 11) is 0. The Morgan fingerprint density at radius 1 is 1.18 bits per heavy atom. The molecule has 2 atom stereocenters. The predicted molar refractivity (Wildman–Crippen MR) is 98.9 cm³/mol. The van der Waals surface area contributed by atoms with Crippen molar-refractivity contribution >= 4 is 11.8 Å². The zero-order valence-electron chi connectivity index (χ0n) is 15.6. The molecule has 0 spiro atoms. The van der Waals surface area contributed by atoms with E-state index in [4.69, 9.17) is 9.15 Å². The Balaban J connectivity index is 1.22. The van der Waals surface area contributed by atoms with Crippen LogP contribution in [-0.2, 0) is 29.2 Å². The van der Waals surface area contributed by atoms with Gasteiger partial charge in [-0.3, -0.25) is 9.59 Å². The molecule has 1 N–H and O–H groups in total. The zero-order valence-corrected chi connectivity index (χ0v) is 15.6. The smallest absolute Gasteiger partial charge is 0.273 e. The van der Waals surface area contributed by atoms with Gasteiger partial charge in [0.2, 0.25) is 5.91 Å². The van der Waals surface area contributed by atoms with E-state index in [2.05, 4.69) is 22.4 Å². The SMILES string of the molecule is O=C(NCc1ccc2c(c1)CN(C(=O)[C@@H]1CCO[C@H]1C1CC1)C2)c1cocn1. The lowest BCUT2D eigenvalue weighted by Crippen LogP contribution is -2.36. The van der Waals surface area contributed by atoms with Gasteiger partial charge in [0.05, 0.1) is 12.0 Å². The molecule has 1 saturated heterocycles. The van der Waals surface area contributed by atoms with Gasteiger partial charge in [-0.15, -0.1) is 0 Å². The number of amides is 2. The molecule has 7 heteroatoms. The molecule has 28 heavy (non-hydrogen) atoms. The summed E-state index contributed by atoms with van der Waals surface area (Å²) in [4.78, 5) is 30.9. The maximum Gasteiger partial charge on any atom is 0.273 e. The summed E-state index contributed by atoms with van der Waals surface area (Å²) in [6.45, 7) is 2.40. The molecule has 1 saturated carbocycles. The number of ether oxygens (including phenoxy) is 1. The number of hydrogen-bond acceptors (Lipinski definition) is 5. The van der Waals surface area contributed by atoms with Gasteiger partial charge in [-0.05, 0) is 41.9 Å². The summed E-state index contributed by atoms with van der Waals surface area (Å²) in [5, 5.41) is 2.84. The Morgan fingerprint density at radius 2 is 2.04 bits per heavy atom. The number of carbonyl (C=O) groups excluding carboxylic acids is 2. The number of nitrogens with one attached hydrogen (secondary N) is 1. The maximum absolute atomic E-state index is 13.1. The molecule has 0 bridgehead atoms. The van der Waals surface area contributed by atoms with Crippen LogP contribution < -0.4 is 5.32 Å². The molecular formula is C21H23N3O4. The van der Waals surface area contributed by atoms with Crippen LogP contribution in [0.25, 0.3) is 0 Å². The van der Waals surface area contributed by atoms with E-state index < -0.39 is 0 Å². The van der Waals surface area contributed by atoms with Crippen LogP contribution in [0.5, 0.6) is 0 Å². The van der Waals surface area contributed by atoms with Crippen molar-refractivity contribution in [1.29, 1.82) is 0 Å². The van der Waals surface area contributed by atoms with E-state index in [1.807, 2.05) is 11.0 Å². The maximum atomic E-state index is 13.1. The summed E-state index contributed by atoms with van der Waals surface area (Å²) in [6, 6.07) is 6.14. The van der Waals surface area contributed by atoms with Gasteiger partial charge < -0.3 is 19.4 Å². The van der Waals surface area contributed by atoms with Gasteiger partial charge in [0.15, 0.2) is 12.1 Å². The van der Waals surface area contributed by atoms with Crippen molar-refractivity contribution in [3.8, 4) is 0 Å². The van der Waals surface area contributed by atoms with E-state index in [-0.39, 0.29) is 29.5 Å². The second-order valence-corrected chi connectivity index (χ2v) is 7.92. The van der Waals surface area contributed by atoms with Gasteiger partial charge in [0, 0.05) is 26.2 Å². The van der Waals surface area contributed by atoms with Crippen LogP contribution in [0.2, 0.25) is 0 Å². The van der Waals surface area contributed by atoms with E-state index in [0.717, 1.165) is 17.5 Å². The third-order valence-electron chi connectivity index (χ3n) is 5.96. The summed E-state index contributed by atoms with van der Waals surface area (Å²) >= 11 is 0. The molecule has 2 fully saturated rings. The molecule has 3 aliphatic rings. The van der Waals surface area contributed by atoms with Crippen molar-refractivity contribution in [2.45, 2.75) is 45.0 Å². The molecule has 1 aromatic heterocycles. The second-order valence-electron chi connectivity index (χ2n) is 7.92. The number of aromatic nitrogens is 1. The molecule has 7 nitrogen and oxygen atoms in total. The van der Waals surface area contributed by atoms with Gasteiger partial charge in [-0.25, -0.2) is 4.98 Å². The fourth-order valence-electron chi connectivity index (χ4n) is 4.31. The summed E-state index contributed by atoms with van der Waals surface area (Å²) in [5.74, 6) is 0.564. The molecule has 3 heterocycles. The molecule has 5 rings (SSSR count). The minimum Gasteiger partial charge on any atom is -0.451 e. The van der Waals surface area contributed by atoms with E-state index >= 15 is 0 Å². The van der Waals surface area contributed by atoms with Crippen LogP contribution in [0.3, 0.4) is 0 Å². The highest BCUT2D eigenvalue weighted by molar-refractivity contribution is 5.91. The lowest BCUT2D eigenvalue weighted by atomic mass is 9.96.